The standard InChI is InChI=1S/C12H20N2O/c1-9(8-15-3)7-14-12-10(2)5-4-6-11(12)13/h4-6,9,14H,7-8,13H2,1-3H3. The van der Waals surface area contributed by atoms with Gasteiger partial charge in [-0.05, 0) is 24.5 Å². The first-order valence-corrected chi connectivity index (χ1v) is 5.23. The number of ether oxygens (including phenoxy) is 1. The average Bonchev–Trinajstić information content (AvgIpc) is 2.17. The SMILES string of the molecule is COCC(C)CNc1c(C)cccc1N. The van der Waals surface area contributed by atoms with Gasteiger partial charge < -0.3 is 15.8 Å². The van der Waals surface area contributed by atoms with Crippen LogP contribution in [0, 0.1) is 12.8 Å². The quantitative estimate of drug-likeness (QED) is 0.730. The third-order valence-corrected chi connectivity index (χ3v) is 2.38. The van der Waals surface area contributed by atoms with Crippen molar-refractivity contribution in [3.05, 3.63) is 23.8 Å². The predicted molar refractivity (Wildman–Crippen MR) is 65.1 cm³/mol. The van der Waals surface area contributed by atoms with Crippen LogP contribution in [0.3, 0.4) is 0 Å². The minimum atomic E-state index is 0.481. The van der Waals surface area contributed by atoms with Crippen LogP contribution in [-0.2, 0) is 4.74 Å². The fourth-order valence-electron chi connectivity index (χ4n) is 1.55. The zero-order valence-corrected chi connectivity index (χ0v) is 9.71. The van der Waals surface area contributed by atoms with Crippen molar-refractivity contribution in [2.24, 2.45) is 5.92 Å². The minimum Gasteiger partial charge on any atom is -0.397 e. The van der Waals surface area contributed by atoms with E-state index in [4.69, 9.17) is 10.5 Å². The van der Waals surface area contributed by atoms with Crippen molar-refractivity contribution >= 4 is 11.4 Å². The van der Waals surface area contributed by atoms with E-state index in [2.05, 4.69) is 25.2 Å². The number of methoxy groups -OCH3 is 1. The molecule has 0 amide bonds. The molecule has 0 spiro atoms. The molecule has 0 saturated heterocycles. The van der Waals surface area contributed by atoms with Crippen LogP contribution in [-0.4, -0.2) is 20.3 Å². The lowest BCUT2D eigenvalue weighted by Crippen LogP contribution is -2.17. The smallest absolute Gasteiger partial charge is 0.0603 e. The topological polar surface area (TPSA) is 47.3 Å². The summed E-state index contributed by atoms with van der Waals surface area (Å²) in [4.78, 5) is 0. The Morgan fingerprint density at radius 1 is 1.47 bits per heavy atom. The summed E-state index contributed by atoms with van der Waals surface area (Å²) < 4.78 is 5.08. The first-order valence-electron chi connectivity index (χ1n) is 5.23. The van der Waals surface area contributed by atoms with E-state index in [1.54, 1.807) is 7.11 Å². The van der Waals surface area contributed by atoms with E-state index in [-0.39, 0.29) is 0 Å². The van der Waals surface area contributed by atoms with Crippen LogP contribution in [0.4, 0.5) is 11.4 Å². The molecule has 1 atom stereocenters. The fourth-order valence-corrected chi connectivity index (χ4v) is 1.55. The van der Waals surface area contributed by atoms with Gasteiger partial charge in [-0.1, -0.05) is 19.1 Å². The molecule has 3 nitrogen and oxygen atoms in total. The molecule has 0 radical (unpaired) electrons. The maximum atomic E-state index is 5.89. The average molecular weight is 208 g/mol. The van der Waals surface area contributed by atoms with Crippen molar-refractivity contribution in [1.82, 2.24) is 0 Å². The summed E-state index contributed by atoms with van der Waals surface area (Å²) in [5, 5.41) is 3.36. The third kappa shape index (κ3) is 3.44. The van der Waals surface area contributed by atoms with Crippen LogP contribution in [0.25, 0.3) is 0 Å². The lowest BCUT2D eigenvalue weighted by Gasteiger charge is -2.15. The Morgan fingerprint density at radius 3 is 2.80 bits per heavy atom. The van der Waals surface area contributed by atoms with Crippen LogP contribution in [0.5, 0.6) is 0 Å². The Balaban J connectivity index is 2.57. The van der Waals surface area contributed by atoms with E-state index in [0.717, 1.165) is 24.5 Å². The summed E-state index contributed by atoms with van der Waals surface area (Å²) in [5.41, 5.74) is 8.92. The van der Waals surface area contributed by atoms with Crippen molar-refractivity contribution in [1.29, 1.82) is 0 Å². The molecule has 15 heavy (non-hydrogen) atoms. The number of nitrogens with two attached hydrogens (primary N) is 1. The van der Waals surface area contributed by atoms with Crippen LogP contribution in [0.15, 0.2) is 18.2 Å². The maximum Gasteiger partial charge on any atom is 0.0603 e. The summed E-state index contributed by atoms with van der Waals surface area (Å²) in [6.07, 6.45) is 0. The highest BCUT2D eigenvalue weighted by Crippen LogP contribution is 2.22. The van der Waals surface area contributed by atoms with Gasteiger partial charge >= 0.3 is 0 Å². The van der Waals surface area contributed by atoms with Crippen LogP contribution < -0.4 is 11.1 Å². The van der Waals surface area contributed by atoms with Crippen molar-refractivity contribution in [2.75, 3.05) is 31.3 Å². The second kappa shape index (κ2) is 5.61. The molecule has 0 heterocycles. The van der Waals surface area contributed by atoms with Crippen molar-refractivity contribution < 1.29 is 4.74 Å². The zero-order chi connectivity index (χ0) is 11.3. The molecule has 0 saturated carbocycles. The largest absolute Gasteiger partial charge is 0.397 e. The van der Waals surface area contributed by atoms with Gasteiger partial charge in [0.25, 0.3) is 0 Å². The number of nitrogen functional groups attached to an aromatic ring is 1. The Labute approximate surface area is 91.6 Å². The highest BCUT2D eigenvalue weighted by atomic mass is 16.5. The molecule has 0 bridgehead atoms. The van der Waals surface area contributed by atoms with E-state index in [1.807, 2.05) is 12.1 Å². The van der Waals surface area contributed by atoms with Crippen molar-refractivity contribution in [2.45, 2.75) is 13.8 Å². The number of hydrogen-bond donors (Lipinski definition) is 2. The van der Waals surface area contributed by atoms with Crippen LogP contribution in [0.2, 0.25) is 0 Å². The predicted octanol–water partition coefficient (Wildman–Crippen LogP) is 2.27. The normalized spacial score (nSPS) is 12.5. The molecular formula is C12H20N2O. The number of hydrogen-bond acceptors (Lipinski definition) is 3. The molecule has 0 aliphatic carbocycles. The number of aryl methyl sites for hydroxylation is 1. The summed E-state index contributed by atoms with van der Waals surface area (Å²) >= 11 is 0. The van der Waals surface area contributed by atoms with Gasteiger partial charge in [0.15, 0.2) is 0 Å². The van der Waals surface area contributed by atoms with Crippen molar-refractivity contribution in [3.63, 3.8) is 0 Å². The molecule has 1 unspecified atom stereocenters. The summed E-state index contributed by atoms with van der Waals surface area (Å²) in [6.45, 7) is 5.84. The molecule has 84 valence electrons. The molecule has 0 aliphatic rings. The highest BCUT2D eigenvalue weighted by molar-refractivity contribution is 5.69. The monoisotopic (exact) mass is 208 g/mol. The van der Waals surface area contributed by atoms with Gasteiger partial charge in [0.05, 0.1) is 18.0 Å². The number of anilines is 2. The maximum absolute atomic E-state index is 5.89. The Hall–Kier alpha value is -1.22. The lowest BCUT2D eigenvalue weighted by molar-refractivity contribution is 0.164. The van der Waals surface area contributed by atoms with E-state index in [1.165, 1.54) is 5.56 Å². The third-order valence-electron chi connectivity index (χ3n) is 2.38. The Morgan fingerprint density at radius 2 is 2.20 bits per heavy atom. The van der Waals surface area contributed by atoms with Gasteiger partial charge in [-0.2, -0.15) is 0 Å². The number of rotatable bonds is 5. The number of nitrogens with one attached hydrogen (secondary N) is 1. The molecule has 0 aliphatic heterocycles. The highest BCUT2D eigenvalue weighted by Gasteiger charge is 2.05. The number of para-hydroxylation sites is 1. The van der Waals surface area contributed by atoms with Gasteiger partial charge in [-0.25, -0.2) is 0 Å². The molecule has 1 aromatic rings. The molecule has 3 heteroatoms. The van der Waals surface area contributed by atoms with Crippen LogP contribution in [0.1, 0.15) is 12.5 Å². The van der Waals surface area contributed by atoms with E-state index in [9.17, 15) is 0 Å². The van der Waals surface area contributed by atoms with Gasteiger partial charge in [0, 0.05) is 13.7 Å². The van der Waals surface area contributed by atoms with Gasteiger partial charge in [-0.3, -0.25) is 0 Å². The molecule has 0 fully saturated rings. The molecule has 1 aromatic carbocycles. The van der Waals surface area contributed by atoms with Crippen molar-refractivity contribution in [3.8, 4) is 0 Å². The summed E-state index contributed by atoms with van der Waals surface area (Å²) in [5.74, 6) is 0.481. The first-order chi connectivity index (χ1) is 7.15. The van der Waals surface area contributed by atoms with Gasteiger partial charge in [0.2, 0.25) is 0 Å². The van der Waals surface area contributed by atoms with Gasteiger partial charge in [-0.15, -0.1) is 0 Å². The molecular weight excluding hydrogens is 188 g/mol. The van der Waals surface area contributed by atoms with Gasteiger partial charge in [0.1, 0.15) is 0 Å². The lowest BCUT2D eigenvalue weighted by atomic mass is 10.1. The summed E-state index contributed by atoms with van der Waals surface area (Å²) in [6, 6.07) is 5.93. The molecule has 0 aromatic heterocycles. The van der Waals surface area contributed by atoms with E-state index < -0.39 is 0 Å². The van der Waals surface area contributed by atoms with E-state index in [0.29, 0.717) is 5.92 Å². The second-order valence-electron chi connectivity index (χ2n) is 3.98. The Kier molecular flexibility index (Phi) is 4.43. The molecule has 1 rings (SSSR count). The minimum absolute atomic E-state index is 0.481. The van der Waals surface area contributed by atoms with E-state index >= 15 is 0 Å². The first kappa shape index (κ1) is 11.9. The fraction of sp³-hybridized carbons (Fsp3) is 0.500. The number of benzene rings is 1. The Bertz CT molecular complexity index is 292. The van der Waals surface area contributed by atoms with Crippen LogP contribution >= 0.6 is 0 Å². The summed E-state index contributed by atoms with van der Waals surface area (Å²) in [7, 11) is 1.72. The zero-order valence-electron chi connectivity index (χ0n) is 9.71. The second-order valence-corrected chi connectivity index (χ2v) is 3.98. The molecule has 3 N–H and O–H groups in total.